The Bertz CT molecular complexity index is 1740. The zero-order chi connectivity index (χ0) is 33.7. The predicted octanol–water partition coefficient (Wildman–Crippen LogP) is 1.31. The van der Waals surface area contributed by atoms with E-state index in [0.29, 0.717) is 22.3 Å². The summed E-state index contributed by atoms with van der Waals surface area (Å²) < 4.78 is 4.88. The number of hydrogen-bond donors (Lipinski definition) is 6. The van der Waals surface area contributed by atoms with Crippen molar-refractivity contribution in [1.29, 1.82) is 0 Å². The molecule has 5 rings (SSSR count). The van der Waals surface area contributed by atoms with E-state index in [1.165, 1.54) is 25.1 Å². The van der Waals surface area contributed by atoms with E-state index in [2.05, 4.69) is 5.32 Å². The maximum absolute atomic E-state index is 14.0. The van der Waals surface area contributed by atoms with Gasteiger partial charge in [0.15, 0.2) is 11.4 Å². The maximum atomic E-state index is 14.0. The third-order valence-electron chi connectivity index (χ3n) is 8.96. The quantitative estimate of drug-likeness (QED) is 0.180. The van der Waals surface area contributed by atoms with Crippen LogP contribution >= 0.6 is 0 Å². The van der Waals surface area contributed by atoms with Crippen molar-refractivity contribution in [2.75, 3.05) is 27.2 Å². The number of Topliss-reactive ketones (excluding diaryl/α,β-unsaturated/α-hetero) is 2. The minimum absolute atomic E-state index is 0.00655. The van der Waals surface area contributed by atoms with Crippen LogP contribution in [0.3, 0.4) is 0 Å². The van der Waals surface area contributed by atoms with Gasteiger partial charge in [0.1, 0.15) is 22.8 Å². The minimum Gasteiger partial charge on any atom is -0.508 e. The number of ketones is 2. The van der Waals surface area contributed by atoms with E-state index in [1.807, 2.05) is 0 Å². The van der Waals surface area contributed by atoms with Gasteiger partial charge < -0.3 is 36.2 Å². The molecule has 0 aromatic heterocycles. The van der Waals surface area contributed by atoms with Gasteiger partial charge in [-0.1, -0.05) is 18.2 Å². The van der Waals surface area contributed by atoms with Crippen LogP contribution in [0.4, 0.5) is 0 Å². The van der Waals surface area contributed by atoms with Gasteiger partial charge in [-0.25, -0.2) is 0 Å². The summed E-state index contributed by atoms with van der Waals surface area (Å²) in [4.78, 5) is 65.4. The van der Waals surface area contributed by atoms with Crippen LogP contribution in [0.15, 0.2) is 53.3 Å². The number of nitrogens with one attached hydrogen (secondary N) is 1. The number of benzene rings is 2. The molecule has 0 bridgehead atoms. The predicted molar refractivity (Wildman–Crippen MR) is 163 cm³/mol. The Kier molecular flexibility index (Phi) is 8.49. The summed E-state index contributed by atoms with van der Waals surface area (Å²) in [6.45, 7) is 1.99. The lowest BCUT2D eigenvalue weighted by molar-refractivity contribution is -0.153. The second-order valence-electron chi connectivity index (χ2n) is 11.8. The summed E-state index contributed by atoms with van der Waals surface area (Å²) in [6.07, 6.45) is 0.0462. The van der Waals surface area contributed by atoms with E-state index in [0.717, 1.165) is 0 Å². The number of carbonyl (C=O) groups excluding carboxylic acids is 5. The number of phenols is 1. The van der Waals surface area contributed by atoms with E-state index in [1.54, 1.807) is 37.3 Å². The summed E-state index contributed by atoms with van der Waals surface area (Å²) >= 11 is 0. The number of nitrogens with zero attached hydrogens (tertiary/aromatic N) is 1. The highest BCUT2D eigenvalue weighted by Gasteiger charge is 2.64. The largest absolute Gasteiger partial charge is 0.508 e. The van der Waals surface area contributed by atoms with E-state index >= 15 is 0 Å². The van der Waals surface area contributed by atoms with E-state index < -0.39 is 69.9 Å². The molecular formula is C33H35N3O10. The Morgan fingerprint density at radius 3 is 2.48 bits per heavy atom. The lowest BCUT2D eigenvalue weighted by atomic mass is 9.57. The van der Waals surface area contributed by atoms with E-state index in [9.17, 15) is 44.4 Å². The van der Waals surface area contributed by atoms with Crippen LogP contribution in [0.2, 0.25) is 0 Å². The fourth-order valence-corrected chi connectivity index (χ4v) is 6.96. The van der Waals surface area contributed by atoms with Crippen LogP contribution in [0.5, 0.6) is 5.75 Å². The number of primary amides is 1. The van der Waals surface area contributed by atoms with Gasteiger partial charge in [0.2, 0.25) is 5.78 Å². The van der Waals surface area contributed by atoms with Gasteiger partial charge in [0.25, 0.3) is 11.8 Å². The van der Waals surface area contributed by atoms with Crippen molar-refractivity contribution in [2.45, 2.75) is 37.8 Å². The first-order chi connectivity index (χ1) is 21.7. The topological polar surface area (TPSA) is 217 Å². The summed E-state index contributed by atoms with van der Waals surface area (Å²) in [5.41, 5.74) is 3.32. The molecule has 7 N–H and O–H groups in total. The Morgan fingerprint density at radius 1 is 1.11 bits per heavy atom. The second kappa shape index (κ2) is 12.1. The number of fused-ring (bicyclic) bond motifs is 3. The summed E-state index contributed by atoms with van der Waals surface area (Å²) in [5, 5.41) is 47.8. The molecule has 4 atom stereocenters. The highest BCUT2D eigenvalue weighted by atomic mass is 16.5. The van der Waals surface area contributed by atoms with E-state index in [-0.39, 0.29) is 49.3 Å². The fourth-order valence-electron chi connectivity index (χ4n) is 6.96. The van der Waals surface area contributed by atoms with Crippen molar-refractivity contribution >= 4 is 35.1 Å². The zero-order valence-electron chi connectivity index (χ0n) is 25.5. The van der Waals surface area contributed by atoms with Gasteiger partial charge in [-0.2, -0.15) is 0 Å². The number of rotatable bonds is 8. The van der Waals surface area contributed by atoms with Crippen LogP contribution in [0.25, 0.3) is 16.9 Å². The molecule has 1 fully saturated rings. The van der Waals surface area contributed by atoms with Gasteiger partial charge in [0.05, 0.1) is 24.6 Å². The van der Waals surface area contributed by atoms with Crippen molar-refractivity contribution in [1.82, 2.24) is 10.2 Å². The number of likely N-dealkylation sites (N-methyl/N-ethyl adjacent to an activating group) is 1. The third kappa shape index (κ3) is 5.11. The molecule has 13 heteroatoms. The van der Waals surface area contributed by atoms with Crippen LogP contribution in [-0.4, -0.2) is 93.6 Å². The molecule has 3 aliphatic rings. The number of ether oxygens (including phenoxy) is 1. The van der Waals surface area contributed by atoms with Gasteiger partial charge in [-0.05, 0) is 74.7 Å². The summed E-state index contributed by atoms with van der Waals surface area (Å²) in [6, 6.07) is 8.35. The van der Waals surface area contributed by atoms with Crippen molar-refractivity contribution in [3.8, 4) is 16.9 Å². The fraction of sp³-hybridized carbons (Fsp3) is 0.364. The number of phenolic OH excluding ortho intramolecular Hbond substituents is 1. The van der Waals surface area contributed by atoms with Crippen LogP contribution in [-0.2, 0) is 30.3 Å². The highest BCUT2D eigenvalue weighted by molar-refractivity contribution is 6.24. The molecule has 2 amide bonds. The highest BCUT2D eigenvalue weighted by Crippen LogP contribution is 2.53. The lowest BCUT2D eigenvalue weighted by Gasteiger charge is -2.50. The number of aliphatic hydroxyl groups excluding tert-OH is 2. The SMILES string of the molecule is CCOC(=O)CCNC(=O)c1cccc(-c2ccc(O)c3c2C[C@H]2C[C@H]4C(N(C)C)C(=O)C(C(N)=O)=C(O)[C@@]4(O)C(=O)C2=C3O)c1. The molecule has 3 aliphatic carbocycles. The molecule has 13 nitrogen and oxygen atoms in total. The number of aliphatic hydroxyl groups is 3. The Labute approximate surface area is 264 Å². The molecule has 0 saturated heterocycles. The van der Waals surface area contributed by atoms with Crippen molar-refractivity contribution < 1.29 is 49.1 Å². The number of carbonyl (C=O) groups is 5. The summed E-state index contributed by atoms with van der Waals surface area (Å²) in [7, 11) is 3.06. The van der Waals surface area contributed by atoms with Gasteiger partial charge in [-0.3, -0.25) is 28.9 Å². The molecule has 0 spiro atoms. The summed E-state index contributed by atoms with van der Waals surface area (Å²) in [5.74, 6) is -8.16. The standard InChI is InChI=1S/C33H35N3O10/c1-4-46-22(38)10-11-35-32(44)16-7-5-6-15(12-16)18-8-9-21(37)24-19(18)13-17-14-20-26(36(2)3)28(40)25(31(34)43)30(42)33(20,45)29(41)23(17)27(24)39/h5-9,12,17,20,26,37,39,42,45H,4,10-11,13-14H2,1-3H3,(H2,34,43)(H,35,44)/t17-,20-,26?,33-/m0/s1. The van der Waals surface area contributed by atoms with Crippen LogP contribution < -0.4 is 11.1 Å². The molecule has 1 saturated carbocycles. The lowest BCUT2D eigenvalue weighted by Crippen LogP contribution is -2.65. The molecule has 46 heavy (non-hydrogen) atoms. The molecule has 0 aliphatic heterocycles. The molecule has 0 heterocycles. The average molecular weight is 634 g/mol. The number of esters is 1. The Balaban J connectivity index is 1.56. The third-order valence-corrected chi connectivity index (χ3v) is 8.96. The van der Waals surface area contributed by atoms with Gasteiger partial charge in [-0.15, -0.1) is 0 Å². The Hall–Kier alpha value is -5.01. The monoisotopic (exact) mass is 633 g/mol. The van der Waals surface area contributed by atoms with Crippen molar-refractivity contribution in [3.63, 3.8) is 0 Å². The van der Waals surface area contributed by atoms with Gasteiger partial charge in [0, 0.05) is 23.6 Å². The smallest absolute Gasteiger partial charge is 0.307 e. The van der Waals surface area contributed by atoms with Crippen LogP contribution in [0.1, 0.15) is 41.3 Å². The number of aromatic hydroxyl groups is 1. The second-order valence-corrected chi connectivity index (χ2v) is 11.8. The first-order valence-electron chi connectivity index (χ1n) is 14.8. The zero-order valence-corrected chi connectivity index (χ0v) is 25.5. The molecule has 242 valence electrons. The first kappa shape index (κ1) is 32.4. The number of amides is 2. The molecule has 0 radical (unpaired) electrons. The number of hydrogen-bond acceptors (Lipinski definition) is 11. The molecule has 2 aromatic rings. The molecular weight excluding hydrogens is 598 g/mol. The molecule has 2 aromatic carbocycles. The maximum Gasteiger partial charge on any atom is 0.307 e. The Morgan fingerprint density at radius 2 is 1.83 bits per heavy atom. The average Bonchev–Trinajstić information content (AvgIpc) is 2.99. The van der Waals surface area contributed by atoms with Crippen molar-refractivity contribution in [3.05, 3.63) is 70.0 Å². The van der Waals surface area contributed by atoms with Gasteiger partial charge >= 0.3 is 5.97 Å². The van der Waals surface area contributed by atoms with Crippen molar-refractivity contribution in [2.24, 2.45) is 17.6 Å². The first-order valence-corrected chi connectivity index (χ1v) is 14.8. The normalized spacial score (nSPS) is 23.9. The minimum atomic E-state index is -2.73. The van der Waals surface area contributed by atoms with Crippen LogP contribution in [0, 0.1) is 11.8 Å². The number of nitrogens with two attached hydrogens (primary N) is 1. The van der Waals surface area contributed by atoms with E-state index in [4.69, 9.17) is 10.5 Å². The molecule has 1 unspecified atom stereocenters.